The SMILES string of the molecule is O=C(NCCN1CCOCC1)c1ccnc(Nc2cccc3cccnc23)c1. The number of carbonyl (C=O) groups is 1. The minimum absolute atomic E-state index is 0.102. The number of benzene rings is 1. The number of nitrogens with one attached hydrogen (secondary N) is 2. The minimum atomic E-state index is -0.102. The van der Waals surface area contributed by atoms with Crippen LogP contribution in [-0.2, 0) is 4.74 Å². The molecule has 1 aromatic carbocycles. The lowest BCUT2D eigenvalue weighted by Crippen LogP contribution is -2.41. The number of para-hydroxylation sites is 1. The van der Waals surface area contributed by atoms with Crippen molar-refractivity contribution in [3.63, 3.8) is 0 Å². The molecule has 3 aromatic rings. The maximum Gasteiger partial charge on any atom is 0.251 e. The van der Waals surface area contributed by atoms with E-state index in [4.69, 9.17) is 4.74 Å². The second-order valence-corrected chi connectivity index (χ2v) is 6.65. The molecule has 144 valence electrons. The van der Waals surface area contributed by atoms with Crippen molar-refractivity contribution in [3.05, 3.63) is 60.4 Å². The van der Waals surface area contributed by atoms with Gasteiger partial charge in [0.25, 0.3) is 5.91 Å². The summed E-state index contributed by atoms with van der Waals surface area (Å²) in [6.45, 7) is 4.79. The van der Waals surface area contributed by atoms with Crippen LogP contribution in [0.25, 0.3) is 10.9 Å². The highest BCUT2D eigenvalue weighted by atomic mass is 16.5. The normalized spacial score (nSPS) is 14.7. The Bertz CT molecular complexity index is 951. The number of fused-ring (bicyclic) bond motifs is 1. The minimum Gasteiger partial charge on any atom is -0.379 e. The summed E-state index contributed by atoms with van der Waals surface area (Å²) in [6, 6.07) is 13.3. The Hall–Kier alpha value is -3.03. The second kappa shape index (κ2) is 8.77. The number of amides is 1. The number of hydrogen-bond acceptors (Lipinski definition) is 6. The molecule has 0 atom stereocenters. The van der Waals surface area contributed by atoms with Gasteiger partial charge in [-0.1, -0.05) is 18.2 Å². The zero-order valence-electron chi connectivity index (χ0n) is 15.6. The predicted molar refractivity (Wildman–Crippen MR) is 109 cm³/mol. The number of aromatic nitrogens is 2. The number of pyridine rings is 2. The summed E-state index contributed by atoms with van der Waals surface area (Å²) < 4.78 is 5.34. The number of carbonyl (C=O) groups excluding carboxylic acids is 1. The fourth-order valence-electron chi connectivity index (χ4n) is 3.24. The van der Waals surface area contributed by atoms with Gasteiger partial charge in [-0.15, -0.1) is 0 Å². The third kappa shape index (κ3) is 4.44. The van der Waals surface area contributed by atoms with Crippen molar-refractivity contribution >= 4 is 28.3 Å². The summed E-state index contributed by atoms with van der Waals surface area (Å²) in [4.78, 5) is 23.5. The van der Waals surface area contributed by atoms with Gasteiger partial charge in [0.05, 0.1) is 24.4 Å². The van der Waals surface area contributed by atoms with Crippen molar-refractivity contribution in [1.82, 2.24) is 20.2 Å². The van der Waals surface area contributed by atoms with Crippen molar-refractivity contribution in [3.8, 4) is 0 Å². The van der Waals surface area contributed by atoms with E-state index in [1.807, 2.05) is 30.3 Å². The molecule has 1 fully saturated rings. The van der Waals surface area contributed by atoms with Gasteiger partial charge in [-0.25, -0.2) is 4.98 Å². The van der Waals surface area contributed by atoms with Crippen molar-refractivity contribution in [2.24, 2.45) is 0 Å². The highest BCUT2D eigenvalue weighted by Gasteiger charge is 2.12. The van der Waals surface area contributed by atoms with E-state index in [0.29, 0.717) is 17.9 Å². The lowest BCUT2D eigenvalue weighted by atomic mass is 10.2. The molecule has 7 heteroatoms. The number of rotatable bonds is 6. The molecule has 4 rings (SSSR count). The zero-order valence-corrected chi connectivity index (χ0v) is 15.6. The van der Waals surface area contributed by atoms with Crippen LogP contribution < -0.4 is 10.6 Å². The first-order valence-electron chi connectivity index (χ1n) is 9.45. The lowest BCUT2D eigenvalue weighted by molar-refractivity contribution is 0.0383. The highest BCUT2D eigenvalue weighted by Crippen LogP contribution is 2.23. The van der Waals surface area contributed by atoms with Crippen molar-refractivity contribution in [2.45, 2.75) is 0 Å². The summed E-state index contributed by atoms with van der Waals surface area (Å²) in [5.41, 5.74) is 2.30. The van der Waals surface area contributed by atoms with Crippen LogP contribution >= 0.6 is 0 Å². The molecule has 0 aliphatic carbocycles. The molecule has 2 aromatic heterocycles. The van der Waals surface area contributed by atoms with Crippen molar-refractivity contribution < 1.29 is 9.53 Å². The van der Waals surface area contributed by atoms with E-state index < -0.39 is 0 Å². The van der Waals surface area contributed by atoms with E-state index in [1.165, 1.54) is 0 Å². The summed E-state index contributed by atoms with van der Waals surface area (Å²) in [5, 5.41) is 7.30. The topological polar surface area (TPSA) is 79.4 Å². The average Bonchev–Trinajstić information content (AvgIpc) is 2.75. The first-order chi connectivity index (χ1) is 13.8. The molecule has 1 aliphatic heterocycles. The third-order valence-electron chi connectivity index (χ3n) is 4.73. The van der Waals surface area contributed by atoms with Gasteiger partial charge in [0.1, 0.15) is 5.82 Å². The second-order valence-electron chi connectivity index (χ2n) is 6.65. The van der Waals surface area contributed by atoms with Crippen molar-refractivity contribution in [1.29, 1.82) is 0 Å². The van der Waals surface area contributed by atoms with Crippen LogP contribution in [0, 0.1) is 0 Å². The highest BCUT2D eigenvalue weighted by molar-refractivity contribution is 5.95. The Morgan fingerprint density at radius 3 is 2.82 bits per heavy atom. The first-order valence-corrected chi connectivity index (χ1v) is 9.45. The van der Waals surface area contributed by atoms with E-state index in [-0.39, 0.29) is 5.91 Å². The molecule has 0 unspecified atom stereocenters. The third-order valence-corrected chi connectivity index (χ3v) is 4.73. The molecule has 7 nitrogen and oxygen atoms in total. The Kier molecular flexibility index (Phi) is 5.75. The zero-order chi connectivity index (χ0) is 19.2. The maximum absolute atomic E-state index is 12.5. The van der Waals surface area contributed by atoms with Crippen LogP contribution in [-0.4, -0.2) is 60.2 Å². The molecule has 0 spiro atoms. The Balaban J connectivity index is 1.40. The van der Waals surface area contributed by atoms with Crippen LogP contribution in [0.2, 0.25) is 0 Å². The average molecular weight is 377 g/mol. The van der Waals surface area contributed by atoms with Crippen LogP contribution in [0.1, 0.15) is 10.4 Å². The monoisotopic (exact) mass is 377 g/mol. The maximum atomic E-state index is 12.5. The van der Waals surface area contributed by atoms with Gasteiger partial charge in [0.15, 0.2) is 0 Å². The molecule has 3 heterocycles. The van der Waals surface area contributed by atoms with Gasteiger partial charge < -0.3 is 15.4 Å². The van der Waals surface area contributed by atoms with E-state index in [2.05, 4.69) is 25.5 Å². The number of morpholine rings is 1. The molecular weight excluding hydrogens is 354 g/mol. The first kappa shape index (κ1) is 18.3. The van der Waals surface area contributed by atoms with Crippen molar-refractivity contribution in [2.75, 3.05) is 44.7 Å². The molecule has 1 amide bonds. The summed E-state index contributed by atoms with van der Waals surface area (Å²) in [6.07, 6.45) is 3.40. The molecule has 1 aliphatic rings. The summed E-state index contributed by atoms with van der Waals surface area (Å²) in [5.74, 6) is 0.508. The van der Waals surface area contributed by atoms with Gasteiger partial charge in [-0.2, -0.15) is 0 Å². The van der Waals surface area contributed by atoms with E-state index in [9.17, 15) is 4.79 Å². The molecule has 0 saturated carbocycles. The smallest absolute Gasteiger partial charge is 0.251 e. The van der Waals surface area contributed by atoms with Gasteiger partial charge in [0, 0.05) is 49.5 Å². The number of hydrogen-bond donors (Lipinski definition) is 2. The fraction of sp³-hybridized carbons (Fsp3) is 0.286. The Labute approximate surface area is 163 Å². The van der Waals surface area contributed by atoms with Crippen LogP contribution in [0.5, 0.6) is 0 Å². The quantitative estimate of drug-likeness (QED) is 0.687. The molecular formula is C21H23N5O2. The summed E-state index contributed by atoms with van der Waals surface area (Å²) >= 11 is 0. The number of nitrogens with zero attached hydrogens (tertiary/aromatic N) is 3. The Morgan fingerprint density at radius 1 is 1.07 bits per heavy atom. The van der Waals surface area contributed by atoms with E-state index in [1.54, 1.807) is 24.5 Å². The van der Waals surface area contributed by atoms with Gasteiger partial charge in [-0.3, -0.25) is 14.7 Å². The molecule has 28 heavy (non-hydrogen) atoms. The van der Waals surface area contributed by atoms with Crippen LogP contribution in [0.3, 0.4) is 0 Å². The molecule has 0 radical (unpaired) electrons. The summed E-state index contributed by atoms with van der Waals surface area (Å²) in [7, 11) is 0. The van der Waals surface area contributed by atoms with Gasteiger partial charge >= 0.3 is 0 Å². The van der Waals surface area contributed by atoms with E-state index >= 15 is 0 Å². The largest absolute Gasteiger partial charge is 0.379 e. The fourth-order valence-corrected chi connectivity index (χ4v) is 3.24. The molecule has 2 N–H and O–H groups in total. The molecule has 1 saturated heterocycles. The van der Waals surface area contributed by atoms with E-state index in [0.717, 1.165) is 49.4 Å². The Morgan fingerprint density at radius 2 is 1.93 bits per heavy atom. The predicted octanol–water partition coefficient (Wildman–Crippen LogP) is 2.44. The standard InChI is InChI=1S/C21H23N5O2/c27-21(24-9-10-26-11-13-28-14-12-26)17-6-8-22-19(15-17)25-18-5-1-3-16-4-2-7-23-20(16)18/h1-8,15H,9-14H2,(H,22,25)(H,24,27). The van der Waals surface area contributed by atoms with Gasteiger partial charge in [0.2, 0.25) is 0 Å². The lowest BCUT2D eigenvalue weighted by Gasteiger charge is -2.26. The van der Waals surface area contributed by atoms with Crippen LogP contribution in [0.4, 0.5) is 11.5 Å². The number of anilines is 2. The number of ether oxygens (including phenoxy) is 1. The molecule has 0 bridgehead atoms. The van der Waals surface area contributed by atoms with Gasteiger partial charge in [-0.05, 0) is 24.3 Å². The van der Waals surface area contributed by atoms with Crippen LogP contribution in [0.15, 0.2) is 54.9 Å².